The van der Waals surface area contributed by atoms with Crippen molar-refractivity contribution in [3.63, 3.8) is 0 Å². The first-order valence-corrected chi connectivity index (χ1v) is 9.45. The number of fused-ring (bicyclic) bond motifs is 1. The summed E-state index contributed by atoms with van der Waals surface area (Å²) in [6.07, 6.45) is 0. The molecule has 28 heavy (non-hydrogen) atoms. The molecule has 140 valence electrons. The molecule has 1 aromatic heterocycles. The first-order chi connectivity index (χ1) is 13.8. The van der Waals surface area contributed by atoms with Crippen molar-refractivity contribution >= 4 is 28.2 Å². The number of benzene rings is 3. The van der Waals surface area contributed by atoms with E-state index in [1.54, 1.807) is 0 Å². The Labute approximate surface area is 169 Å². The van der Waals surface area contributed by atoms with Crippen LogP contribution in [-0.4, -0.2) is 4.98 Å². The van der Waals surface area contributed by atoms with Crippen molar-refractivity contribution in [3.8, 4) is 5.75 Å². The van der Waals surface area contributed by atoms with Gasteiger partial charge in [0.15, 0.2) is 0 Å². The third-order valence-electron chi connectivity index (χ3n) is 4.34. The summed E-state index contributed by atoms with van der Waals surface area (Å²) in [6.45, 7) is 1.13. The van der Waals surface area contributed by atoms with Crippen molar-refractivity contribution in [2.24, 2.45) is 0 Å². The summed E-state index contributed by atoms with van der Waals surface area (Å²) in [6, 6.07) is 27.7. The molecule has 4 rings (SSSR count). The van der Waals surface area contributed by atoms with E-state index >= 15 is 0 Å². The molecule has 1 heterocycles. The van der Waals surface area contributed by atoms with Gasteiger partial charge in [-0.1, -0.05) is 48.0 Å². The van der Waals surface area contributed by atoms with Crippen LogP contribution in [0.15, 0.2) is 84.9 Å². The van der Waals surface area contributed by atoms with E-state index in [4.69, 9.17) is 16.3 Å². The van der Waals surface area contributed by atoms with Crippen LogP contribution in [0.1, 0.15) is 11.3 Å². The largest absolute Gasteiger partial charge is 0.487 e. The highest BCUT2D eigenvalue weighted by Gasteiger charge is 2.01. The summed E-state index contributed by atoms with van der Waals surface area (Å²) in [5, 5.41) is 1.87. The molecule has 0 aliphatic rings. The molecule has 0 aliphatic carbocycles. The molecule has 4 nitrogen and oxygen atoms in total. The molecule has 3 aromatic carbocycles. The number of pyridine rings is 1. The summed E-state index contributed by atoms with van der Waals surface area (Å²) in [7, 11) is 0. The molecule has 0 amide bonds. The Hall–Kier alpha value is -3.08. The summed E-state index contributed by atoms with van der Waals surface area (Å²) >= 11 is 5.90. The maximum absolute atomic E-state index is 5.90. The molecule has 4 aromatic rings. The molecule has 0 saturated carbocycles. The number of ether oxygens (including phenoxy) is 1. The fraction of sp³-hybridized carbons (Fsp3) is 0.0870. The lowest BCUT2D eigenvalue weighted by Crippen LogP contribution is -2.20. The molecule has 0 aliphatic heterocycles. The van der Waals surface area contributed by atoms with Crippen molar-refractivity contribution in [2.75, 3.05) is 5.43 Å². The highest BCUT2D eigenvalue weighted by molar-refractivity contribution is 6.30. The molecular weight excluding hydrogens is 370 g/mol. The van der Waals surface area contributed by atoms with Gasteiger partial charge in [0.25, 0.3) is 0 Å². The normalized spacial score (nSPS) is 10.8. The average molecular weight is 390 g/mol. The van der Waals surface area contributed by atoms with Crippen LogP contribution in [0.4, 0.5) is 5.69 Å². The highest BCUT2D eigenvalue weighted by Crippen LogP contribution is 2.18. The molecule has 0 fully saturated rings. The van der Waals surface area contributed by atoms with Gasteiger partial charge in [0.2, 0.25) is 0 Å². The van der Waals surface area contributed by atoms with E-state index in [2.05, 4.69) is 28.0 Å². The Morgan fingerprint density at radius 1 is 0.821 bits per heavy atom. The standard InChI is InChI=1S/C23H20ClN3O/c24-19-8-5-17(6-9-19)15-25-27-20-11-13-22(14-12-20)28-16-21-10-7-18-3-1-2-4-23(18)26-21/h1-14,25,27H,15-16H2. The van der Waals surface area contributed by atoms with E-state index in [1.807, 2.05) is 72.8 Å². The van der Waals surface area contributed by atoms with Crippen LogP contribution in [0.5, 0.6) is 5.75 Å². The van der Waals surface area contributed by atoms with Gasteiger partial charge < -0.3 is 10.2 Å². The zero-order chi connectivity index (χ0) is 19.2. The second-order valence-corrected chi connectivity index (χ2v) is 6.85. The first kappa shape index (κ1) is 18.3. The van der Waals surface area contributed by atoms with Crippen LogP contribution in [0.3, 0.4) is 0 Å². The van der Waals surface area contributed by atoms with Crippen LogP contribution in [0.25, 0.3) is 10.9 Å². The van der Waals surface area contributed by atoms with Crippen LogP contribution < -0.4 is 15.6 Å². The van der Waals surface area contributed by atoms with Gasteiger partial charge in [0.05, 0.1) is 11.2 Å². The third-order valence-corrected chi connectivity index (χ3v) is 4.59. The lowest BCUT2D eigenvalue weighted by Gasteiger charge is -2.10. The number of halogens is 1. The molecule has 0 radical (unpaired) electrons. The van der Waals surface area contributed by atoms with Crippen LogP contribution >= 0.6 is 11.6 Å². The summed E-state index contributed by atoms with van der Waals surface area (Å²) in [5.74, 6) is 0.804. The van der Waals surface area contributed by atoms with Crippen LogP contribution in [-0.2, 0) is 13.2 Å². The lowest BCUT2D eigenvalue weighted by atomic mass is 10.2. The van der Waals surface area contributed by atoms with E-state index in [-0.39, 0.29) is 0 Å². The number of aromatic nitrogens is 1. The zero-order valence-corrected chi connectivity index (χ0v) is 16.0. The molecule has 0 bridgehead atoms. The second-order valence-electron chi connectivity index (χ2n) is 6.41. The van der Waals surface area contributed by atoms with Gasteiger partial charge in [-0.15, -0.1) is 0 Å². The maximum atomic E-state index is 5.90. The van der Waals surface area contributed by atoms with E-state index in [0.717, 1.165) is 38.6 Å². The van der Waals surface area contributed by atoms with Crippen molar-refractivity contribution < 1.29 is 4.74 Å². The molecule has 0 atom stereocenters. The highest BCUT2D eigenvalue weighted by atomic mass is 35.5. The monoisotopic (exact) mass is 389 g/mol. The number of para-hydroxylation sites is 1. The van der Waals surface area contributed by atoms with E-state index in [1.165, 1.54) is 0 Å². The Balaban J connectivity index is 1.28. The van der Waals surface area contributed by atoms with E-state index < -0.39 is 0 Å². The van der Waals surface area contributed by atoms with Crippen molar-refractivity contribution in [2.45, 2.75) is 13.2 Å². The lowest BCUT2D eigenvalue weighted by molar-refractivity contribution is 0.302. The summed E-state index contributed by atoms with van der Waals surface area (Å²) in [5.41, 5.74) is 10.4. The zero-order valence-electron chi connectivity index (χ0n) is 15.2. The predicted molar refractivity (Wildman–Crippen MR) is 114 cm³/mol. The van der Waals surface area contributed by atoms with Gasteiger partial charge in [-0.25, -0.2) is 10.4 Å². The quantitative estimate of drug-likeness (QED) is 0.405. The number of hydrazine groups is 1. The summed E-state index contributed by atoms with van der Waals surface area (Å²) in [4.78, 5) is 4.63. The number of nitrogens with zero attached hydrogens (tertiary/aromatic N) is 1. The number of hydrogen-bond donors (Lipinski definition) is 2. The van der Waals surface area contributed by atoms with Gasteiger partial charge in [-0.05, 0) is 54.1 Å². The van der Waals surface area contributed by atoms with Gasteiger partial charge in [-0.2, -0.15) is 0 Å². The molecule has 0 unspecified atom stereocenters. The fourth-order valence-electron chi connectivity index (χ4n) is 2.83. The van der Waals surface area contributed by atoms with Crippen LogP contribution in [0, 0.1) is 0 Å². The van der Waals surface area contributed by atoms with Gasteiger partial charge in [-0.3, -0.25) is 0 Å². The molecular formula is C23H20ClN3O. The van der Waals surface area contributed by atoms with Crippen LogP contribution in [0.2, 0.25) is 5.02 Å². The number of nitrogens with one attached hydrogen (secondary N) is 2. The smallest absolute Gasteiger partial charge is 0.130 e. The topological polar surface area (TPSA) is 46.2 Å². The Bertz CT molecular complexity index is 1050. The minimum absolute atomic E-state index is 0.437. The molecule has 0 saturated heterocycles. The van der Waals surface area contributed by atoms with Gasteiger partial charge in [0.1, 0.15) is 12.4 Å². The minimum atomic E-state index is 0.437. The molecule has 0 spiro atoms. The van der Waals surface area contributed by atoms with Crippen molar-refractivity contribution in [1.82, 2.24) is 10.4 Å². The number of anilines is 1. The Morgan fingerprint density at radius 2 is 1.61 bits per heavy atom. The molecule has 2 N–H and O–H groups in total. The van der Waals surface area contributed by atoms with Crippen molar-refractivity contribution in [3.05, 3.63) is 101 Å². The first-order valence-electron chi connectivity index (χ1n) is 9.07. The fourth-order valence-corrected chi connectivity index (χ4v) is 2.96. The number of rotatable bonds is 7. The van der Waals surface area contributed by atoms with E-state index in [0.29, 0.717) is 13.2 Å². The predicted octanol–water partition coefficient (Wildman–Crippen LogP) is 5.58. The average Bonchev–Trinajstić information content (AvgIpc) is 2.74. The Morgan fingerprint density at radius 3 is 2.43 bits per heavy atom. The van der Waals surface area contributed by atoms with Gasteiger partial charge in [0, 0.05) is 22.6 Å². The van der Waals surface area contributed by atoms with E-state index in [9.17, 15) is 0 Å². The summed E-state index contributed by atoms with van der Waals surface area (Å²) < 4.78 is 5.86. The molecule has 5 heteroatoms. The minimum Gasteiger partial charge on any atom is -0.487 e. The van der Waals surface area contributed by atoms with Gasteiger partial charge >= 0.3 is 0 Å². The van der Waals surface area contributed by atoms with Crippen molar-refractivity contribution in [1.29, 1.82) is 0 Å². The third kappa shape index (κ3) is 4.80. The Kier molecular flexibility index (Phi) is 5.71. The second kappa shape index (κ2) is 8.74. The maximum Gasteiger partial charge on any atom is 0.130 e. The number of hydrogen-bond acceptors (Lipinski definition) is 4. The SMILES string of the molecule is Clc1ccc(CNNc2ccc(OCc3ccc4ccccc4n3)cc2)cc1.